The van der Waals surface area contributed by atoms with Crippen molar-refractivity contribution < 1.29 is 0 Å². The molecule has 0 radical (unpaired) electrons. The molecule has 5 heteroatoms. The van der Waals surface area contributed by atoms with E-state index in [9.17, 15) is 0 Å². The number of imidazole rings is 2. The Bertz CT molecular complexity index is 509. The van der Waals surface area contributed by atoms with Crippen molar-refractivity contribution in [1.29, 1.82) is 0 Å². The maximum Gasteiger partial charge on any atom is 0.133 e. The first-order chi connectivity index (χ1) is 8.15. The van der Waals surface area contributed by atoms with Crippen LogP contribution in [0.5, 0.6) is 0 Å². The van der Waals surface area contributed by atoms with Gasteiger partial charge < -0.3 is 14.9 Å². The van der Waals surface area contributed by atoms with E-state index in [2.05, 4.69) is 21.5 Å². The molecule has 0 unspecified atom stereocenters. The molecule has 0 saturated carbocycles. The molecule has 0 amide bonds. The molecule has 92 valence electrons. The molecule has 0 saturated heterocycles. The van der Waals surface area contributed by atoms with Gasteiger partial charge in [-0.1, -0.05) is 13.3 Å². The Labute approximate surface area is 101 Å². The number of hydrogen-bond donors (Lipinski definition) is 1. The summed E-state index contributed by atoms with van der Waals surface area (Å²) in [5.74, 6) is 1.70. The molecule has 0 atom stereocenters. The van der Waals surface area contributed by atoms with Crippen molar-refractivity contribution in [3.05, 3.63) is 18.3 Å². The van der Waals surface area contributed by atoms with Gasteiger partial charge in [0.05, 0.1) is 18.2 Å². The SMILES string of the molecule is CCCCn1c(C)nc(-c2cncn2C)c1N. The topological polar surface area (TPSA) is 61.7 Å². The second-order valence-electron chi connectivity index (χ2n) is 4.29. The number of nitrogen functional groups attached to an aromatic ring is 1. The summed E-state index contributed by atoms with van der Waals surface area (Å²) in [4.78, 5) is 8.64. The molecule has 17 heavy (non-hydrogen) atoms. The Balaban J connectivity index is 2.40. The largest absolute Gasteiger partial charge is 0.383 e. The van der Waals surface area contributed by atoms with Crippen molar-refractivity contribution >= 4 is 5.82 Å². The lowest BCUT2D eigenvalue weighted by Gasteiger charge is -2.06. The van der Waals surface area contributed by atoms with Gasteiger partial charge in [-0.2, -0.15) is 0 Å². The van der Waals surface area contributed by atoms with E-state index in [0.29, 0.717) is 0 Å². The highest BCUT2D eigenvalue weighted by Crippen LogP contribution is 2.25. The van der Waals surface area contributed by atoms with Crippen molar-refractivity contribution in [1.82, 2.24) is 19.1 Å². The first kappa shape index (κ1) is 11.7. The van der Waals surface area contributed by atoms with Crippen LogP contribution in [0.15, 0.2) is 12.5 Å². The van der Waals surface area contributed by atoms with Crippen LogP contribution in [0.2, 0.25) is 0 Å². The van der Waals surface area contributed by atoms with Crippen LogP contribution in [0.25, 0.3) is 11.4 Å². The molecule has 2 aromatic rings. The molecule has 0 aliphatic rings. The van der Waals surface area contributed by atoms with E-state index in [1.807, 2.05) is 18.5 Å². The molecule has 2 N–H and O–H groups in total. The van der Waals surface area contributed by atoms with Crippen molar-refractivity contribution in [2.75, 3.05) is 5.73 Å². The molecule has 0 bridgehead atoms. The first-order valence-electron chi connectivity index (χ1n) is 5.94. The highest BCUT2D eigenvalue weighted by atomic mass is 15.2. The van der Waals surface area contributed by atoms with E-state index < -0.39 is 0 Å². The maximum absolute atomic E-state index is 6.16. The number of unbranched alkanes of at least 4 members (excludes halogenated alkanes) is 1. The van der Waals surface area contributed by atoms with Gasteiger partial charge in [-0.05, 0) is 13.3 Å². The minimum absolute atomic E-state index is 0.736. The fourth-order valence-corrected chi connectivity index (χ4v) is 1.95. The summed E-state index contributed by atoms with van der Waals surface area (Å²) in [6.07, 6.45) is 5.82. The average Bonchev–Trinajstić information content (AvgIpc) is 2.82. The van der Waals surface area contributed by atoms with Crippen LogP contribution in [0.1, 0.15) is 25.6 Å². The highest BCUT2D eigenvalue weighted by molar-refractivity contribution is 5.67. The Kier molecular flexibility index (Phi) is 3.17. The van der Waals surface area contributed by atoms with E-state index in [0.717, 1.165) is 42.4 Å². The average molecular weight is 233 g/mol. The fraction of sp³-hybridized carbons (Fsp3) is 0.500. The first-order valence-corrected chi connectivity index (χ1v) is 5.94. The molecular formula is C12H19N5. The zero-order chi connectivity index (χ0) is 12.4. The summed E-state index contributed by atoms with van der Waals surface area (Å²) in [5, 5.41) is 0. The van der Waals surface area contributed by atoms with Gasteiger partial charge >= 0.3 is 0 Å². The number of rotatable bonds is 4. The Morgan fingerprint density at radius 1 is 1.41 bits per heavy atom. The zero-order valence-corrected chi connectivity index (χ0v) is 10.6. The number of nitrogens with zero attached hydrogens (tertiary/aromatic N) is 4. The molecule has 0 aromatic carbocycles. The summed E-state index contributed by atoms with van der Waals surface area (Å²) in [6.45, 7) is 5.09. The smallest absolute Gasteiger partial charge is 0.133 e. The van der Waals surface area contributed by atoms with Gasteiger partial charge in [-0.15, -0.1) is 0 Å². The Morgan fingerprint density at radius 3 is 2.76 bits per heavy atom. The van der Waals surface area contributed by atoms with Gasteiger partial charge in [0.2, 0.25) is 0 Å². The summed E-state index contributed by atoms with van der Waals surface area (Å²) in [5.41, 5.74) is 7.96. The van der Waals surface area contributed by atoms with Gasteiger partial charge in [0, 0.05) is 13.6 Å². The number of aryl methyl sites for hydroxylation is 2. The van der Waals surface area contributed by atoms with E-state index in [-0.39, 0.29) is 0 Å². The van der Waals surface area contributed by atoms with Crippen LogP contribution in [0, 0.1) is 6.92 Å². The summed E-state index contributed by atoms with van der Waals surface area (Å²) >= 11 is 0. The highest BCUT2D eigenvalue weighted by Gasteiger charge is 2.15. The minimum Gasteiger partial charge on any atom is -0.383 e. The van der Waals surface area contributed by atoms with Gasteiger partial charge in [-0.25, -0.2) is 9.97 Å². The van der Waals surface area contributed by atoms with Crippen molar-refractivity contribution in [3.8, 4) is 11.4 Å². The third-order valence-corrected chi connectivity index (χ3v) is 2.99. The molecular weight excluding hydrogens is 214 g/mol. The van der Waals surface area contributed by atoms with E-state index in [1.165, 1.54) is 0 Å². The molecule has 0 fully saturated rings. The molecule has 5 nitrogen and oxygen atoms in total. The number of nitrogens with two attached hydrogens (primary N) is 1. The Morgan fingerprint density at radius 2 is 2.18 bits per heavy atom. The molecule has 0 aliphatic carbocycles. The lowest BCUT2D eigenvalue weighted by atomic mass is 10.3. The minimum atomic E-state index is 0.736. The number of anilines is 1. The third kappa shape index (κ3) is 2.05. The van der Waals surface area contributed by atoms with Gasteiger partial charge in [0.1, 0.15) is 17.3 Å². The lowest BCUT2D eigenvalue weighted by Crippen LogP contribution is -2.05. The second-order valence-corrected chi connectivity index (χ2v) is 4.29. The van der Waals surface area contributed by atoms with Crippen LogP contribution < -0.4 is 5.73 Å². The maximum atomic E-state index is 6.16. The number of aromatic nitrogens is 4. The zero-order valence-electron chi connectivity index (χ0n) is 10.6. The summed E-state index contributed by atoms with van der Waals surface area (Å²) in [6, 6.07) is 0. The van der Waals surface area contributed by atoms with E-state index in [4.69, 9.17) is 5.73 Å². The number of hydrogen-bond acceptors (Lipinski definition) is 3. The predicted molar refractivity (Wildman–Crippen MR) is 68.5 cm³/mol. The van der Waals surface area contributed by atoms with Gasteiger partial charge in [0.25, 0.3) is 0 Å². The van der Waals surface area contributed by atoms with Crippen LogP contribution >= 0.6 is 0 Å². The van der Waals surface area contributed by atoms with Crippen LogP contribution in [-0.2, 0) is 13.6 Å². The molecule has 2 rings (SSSR count). The van der Waals surface area contributed by atoms with E-state index in [1.54, 1.807) is 12.5 Å². The third-order valence-electron chi connectivity index (χ3n) is 2.99. The summed E-state index contributed by atoms with van der Waals surface area (Å²) in [7, 11) is 1.95. The molecule has 2 heterocycles. The van der Waals surface area contributed by atoms with Gasteiger partial charge in [-0.3, -0.25) is 0 Å². The Hall–Kier alpha value is -1.78. The van der Waals surface area contributed by atoms with E-state index >= 15 is 0 Å². The predicted octanol–water partition coefficient (Wildman–Crippen LogP) is 1.97. The standard InChI is InChI=1S/C12H19N5/c1-4-5-6-17-9(2)15-11(12(17)13)10-7-14-8-16(10)3/h7-8H,4-6,13H2,1-3H3. The van der Waals surface area contributed by atoms with Crippen molar-refractivity contribution in [3.63, 3.8) is 0 Å². The van der Waals surface area contributed by atoms with Crippen LogP contribution in [0.3, 0.4) is 0 Å². The monoisotopic (exact) mass is 233 g/mol. The molecule has 0 aliphatic heterocycles. The van der Waals surface area contributed by atoms with Gasteiger partial charge in [0.15, 0.2) is 0 Å². The lowest BCUT2D eigenvalue weighted by molar-refractivity contribution is 0.622. The normalized spacial score (nSPS) is 11.0. The van der Waals surface area contributed by atoms with Crippen molar-refractivity contribution in [2.45, 2.75) is 33.2 Å². The van der Waals surface area contributed by atoms with Crippen LogP contribution in [0.4, 0.5) is 5.82 Å². The summed E-state index contributed by atoms with van der Waals surface area (Å²) < 4.78 is 4.01. The molecule has 0 spiro atoms. The van der Waals surface area contributed by atoms with Crippen molar-refractivity contribution in [2.24, 2.45) is 7.05 Å². The molecule has 2 aromatic heterocycles. The quantitative estimate of drug-likeness (QED) is 0.878. The van der Waals surface area contributed by atoms with Crippen LogP contribution in [-0.4, -0.2) is 19.1 Å². The second kappa shape index (κ2) is 4.61. The fourth-order valence-electron chi connectivity index (χ4n) is 1.95.